The molecule has 2 rings (SSSR count). The predicted octanol–water partition coefficient (Wildman–Crippen LogP) is 3.70. The molecule has 114 valence electrons. The van der Waals surface area contributed by atoms with E-state index in [2.05, 4.69) is 53.4 Å². The molecule has 0 saturated carbocycles. The van der Waals surface area contributed by atoms with E-state index in [9.17, 15) is 0 Å². The summed E-state index contributed by atoms with van der Waals surface area (Å²) in [5.41, 5.74) is 2.42. The third kappa shape index (κ3) is 5.05. The molecule has 0 amide bonds. The highest BCUT2D eigenvalue weighted by Gasteiger charge is 2.09. The van der Waals surface area contributed by atoms with E-state index in [1.807, 2.05) is 6.20 Å². The highest BCUT2D eigenvalue weighted by molar-refractivity contribution is 8.00. The molecular formula is C15H22N4S2. The monoisotopic (exact) mass is 322 g/mol. The van der Waals surface area contributed by atoms with Crippen LogP contribution in [-0.4, -0.2) is 20.9 Å². The molecule has 0 aliphatic carbocycles. The molecule has 2 aromatic heterocycles. The first kappa shape index (κ1) is 16.4. The Hall–Kier alpha value is -0.980. The summed E-state index contributed by atoms with van der Waals surface area (Å²) in [6, 6.07) is 2.20. The van der Waals surface area contributed by atoms with Gasteiger partial charge in [0.1, 0.15) is 10.9 Å². The van der Waals surface area contributed by atoms with Crippen LogP contribution < -0.4 is 5.32 Å². The first-order valence-corrected chi connectivity index (χ1v) is 8.84. The molecule has 0 aromatic carbocycles. The largest absolute Gasteiger partial charge is 0.312 e. The lowest BCUT2D eigenvalue weighted by molar-refractivity contribution is 0.551. The van der Waals surface area contributed by atoms with Crippen LogP contribution >= 0.6 is 23.3 Å². The van der Waals surface area contributed by atoms with Gasteiger partial charge in [-0.1, -0.05) is 26.8 Å². The van der Waals surface area contributed by atoms with E-state index in [4.69, 9.17) is 0 Å². The molecule has 21 heavy (non-hydrogen) atoms. The van der Waals surface area contributed by atoms with Gasteiger partial charge < -0.3 is 5.32 Å². The van der Waals surface area contributed by atoms with Crippen molar-refractivity contribution in [1.82, 2.24) is 19.7 Å². The van der Waals surface area contributed by atoms with Gasteiger partial charge >= 0.3 is 0 Å². The van der Waals surface area contributed by atoms with E-state index in [0.717, 1.165) is 34.7 Å². The normalized spacial score (nSPS) is 11.3. The number of nitrogens with one attached hydrogen (secondary N) is 1. The van der Waals surface area contributed by atoms with Gasteiger partial charge in [0.25, 0.3) is 0 Å². The second-order valence-electron chi connectivity index (χ2n) is 5.42. The molecule has 0 atom stereocenters. The van der Waals surface area contributed by atoms with Crippen LogP contribution in [0.3, 0.4) is 0 Å². The number of hydrogen-bond donors (Lipinski definition) is 1. The number of pyridine rings is 1. The van der Waals surface area contributed by atoms with E-state index in [1.54, 1.807) is 11.8 Å². The lowest BCUT2D eigenvalue weighted by Crippen LogP contribution is -2.19. The van der Waals surface area contributed by atoms with Gasteiger partial charge in [-0.15, -0.1) is 0 Å². The molecule has 0 fully saturated rings. The summed E-state index contributed by atoms with van der Waals surface area (Å²) in [6.45, 7) is 10.5. The molecule has 1 N–H and O–H groups in total. The van der Waals surface area contributed by atoms with Crippen molar-refractivity contribution in [3.63, 3.8) is 0 Å². The third-order valence-corrected chi connectivity index (χ3v) is 4.83. The smallest absolute Gasteiger partial charge is 0.176 e. The van der Waals surface area contributed by atoms with Crippen LogP contribution in [0.4, 0.5) is 0 Å². The van der Waals surface area contributed by atoms with Crippen LogP contribution in [0.15, 0.2) is 21.6 Å². The Kier molecular flexibility index (Phi) is 6.14. The molecule has 6 heteroatoms. The van der Waals surface area contributed by atoms with E-state index < -0.39 is 0 Å². The fourth-order valence-electron chi connectivity index (χ4n) is 1.83. The summed E-state index contributed by atoms with van der Waals surface area (Å²) in [5.74, 6) is 1.58. The maximum Gasteiger partial charge on any atom is 0.176 e. The number of nitrogens with zero attached hydrogens (tertiary/aromatic N) is 3. The van der Waals surface area contributed by atoms with Crippen molar-refractivity contribution in [3.05, 3.63) is 29.2 Å². The average Bonchev–Trinajstić information content (AvgIpc) is 2.89. The summed E-state index contributed by atoms with van der Waals surface area (Å²) < 4.78 is 5.27. The first-order chi connectivity index (χ1) is 10.1. The van der Waals surface area contributed by atoms with Crippen molar-refractivity contribution in [2.75, 3.05) is 6.54 Å². The lowest BCUT2D eigenvalue weighted by atomic mass is 10.2. The molecule has 0 aliphatic rings. The van der Waals surface area contributed by atoms with Crippen LogP contribution in [0.2, 0.25) is 0 Å². The molecule has 4 nitrogen and oxygen atoms in total. The average molecular weight is 323 g/mol. The van der Waals surface area contributed by atoms with Gasteiger partial charge in [0, 0.05) is 19.2 Å². The molecule has 0 unspecified atom stereocenters. The van der Waals surface area contributed by atoms with Gasteiger partial charge in [0.2, 0.25) is 0 Å². The Morgan fingerprint density at radius 1 is 1.38 bits per heavy atom. The Morgan fingerprint density at radius 2 is 2.19 bits per heavy atom. The van der Waals surface area contributed by atoms with Gasteiger partial charge in [0.05, 0.1) is 0 Å². The Bertz CT molecular complexity index is 581. The Morgan fingerprint density at radius 3 is 2.81 bits per heavy atom. The Labute approximate surface area is 135 Å². The second kappa shape index (κ2) is 7.87. The van der Waals surface area contributed by atoms with Crippen molar-refractivity contribution >= 4 is 23.3 Å². The summed E-state index contributed by atoms with van der Waals surface area (Å²) in [6.07, 6.45) is 2.83. The van der Waals surface area contributed by atoms with E-state index in [0.29, 0.717) is 5.92 Å². The predicted molar refractivity (Wildman–Crippen MR) is 88.9 cm³/mol. The number of aryl methyl sites for hydroxylation is 2. The van der Waals surface area contributed by atoms with E-state index in [-0.39, 0.29) is 0 Å². The zero-order valence-electron chi connectivity index (χ0n) is 13.0. The van der Waals surface area contributed by atoms with E-state index in [1.165, 1.54) is 22.7 Å². The topological polar surface area (TPSA) is 50.7 Å². The fourth-order valence-corrected chi connectivity index (χ4v) is 3.47. The number of aromatic nitrogens is 3. The van der Waals surface area contributed by atoms with Crippen LogP contribution in [0.5, 0.6) is 0 Å². The number of hydrogen-bond acceptors (Lipinski definition) is 6. The van der Waals surface area contributed by atoms with Crippen LogP contribution in [0.1, 0.15) is 37.7 Å². The van der Waals surface area contributed by atoms with Gasteiger partial charge in [0.15, 0.2) is 4.34 Å². The molecule has 0 saturated heterocycles. The minimum atomic E-state index is 0.666. The van der Waals surface area contributed by atoms with Gasteiger partial charge in [-0.2, -0.15) is 4.37 Å². The van der Waals surface area contributed by atoms with Crippen LogP contribution in [0, 0.1) is 12.8 Å². The quantitative estimate of drug-likeness (QED) is 0.842. The first-order valence-electron chi connectivity index (χ1n) is 7.25. The van der Waals surface area contributed by atoms with Crippen LogP contribution in [0.25, 0.3) is 0 Å². The van der Waals surface area contributed by atoms with E-state index >= 15 is 0 Å². The highest BCUT2D eigenvalue weighted by Crippen LogP contribution is 2.30. The minimum absolute atomic E-state index is 0.666. The highest BCUT2D eigenvalue weighted by atomic mass is 32.2. The zero-order chi connectivity index (χ0) is 15.2. The minimum Gasteiger partial charge on any atom is -0.312 e. The molecule has 0 aliphatic heterocycles. The molecule has 2 aromatic rings. The van der Waals surface area contributed by atoms with Crippen molar-refractivity contribution in [3.8, 4) is 0 Å². The van der Waals surface area contributed by atoms with Crippen molar-refractivity contribution in [1.29, 1.82) is 0 Å². The zero-order valence-corrected chi connectivity index (χ0v) is 14.6. The fraction of sp³-hybridized carbons (Fsp3) is 0.533. The summed E-state index contributed by atoms with van der Waals surface area (Å²) in [4.78, 5) is 9.04. The standard InChI is InChI=1S/C15H22N4S2/c1-5-13-18-15(21-19-13)20-14-11(4)6-12(9-17-14)8-16-7-10(2)3/h6,9-10,16H,5,7-8H2,1-4H3. The molecule has 0 radical (unpaired) electrons. The molecular weight excluding hydrogens is 300 g/mol. The molecule has 0 bridgehead atoms. The lowest BCUT2D eigenvalue weighted by Gasteiger charge is -2.09. The number of rotatable bonds is 7. The summed E-state index contributed by atoms with van der Waals surface area (Å²) in [7, 11) is 0. The maximum atomic E-state index is 4.57. The van der Waals surface area contributed by atoms with Gasteiger partial charge in [-0.25, -0.2) is 9.97 Å². The van der Waals surface area contributed by atoms with Crippen molar-refractivity contribution < 1.29 is 0 Å². The Balaban J connectivity index is 1.98. The maximum absolute atomic E-state index is 4.57. The van der Waals surface area contributed by atoms with Crippen molar-refractivity contribution in [2.24, 2.45) is 5.92 Å². The molecule has 0 spiro atoms. The summed E-state index contributed by atoms with van der Waals surface area (Å²) >= 11 is 3.05. The van der Waals surface area contributed by atoms with Crippen LogP contribution in [-0.2, 0) is 13.0 Å². The second-order valence-corrected chi connectivity index (χ2v) is 7.41. The third-order valence-electron chi connectivity index (χ3n) is 2.92. The summed E-state index contributed by atoms with van der Waals surface area (Å²) in [5, 5.41) is 4.46. The van der Waals surface area contributed by atoms with Gasteiger partial charge in [-0.05, 0) is 53.8 Å². The SMILES string of the molecule is CCc1nsc(Sc2ncc(CNCC(C)C)cc2C)n1. The molecule has 2 heterocycles. The van der Waals surface area contributed by atoms with Gasteiger partial charge in [-0.3, -0.25) is 0 Å². The van der Waals surface area contributed by atoms with Crippen molar-refractivity contribution in [2.45, 2.75) is 50.0 Å².